The van der Waals surface area contributed by atoms with Gasteiger partial charge in [0.2, 0.25) is 10.0 Å². The zero-order valence-electron chi connectivity index (χ0n) is 16.4. The zero-order chi connectivity index (χ0) is 21.2. The third-order valence-electron chi connectivity index (χ3n) is 5.34. The number of hydrogen-bond donors (Lipinski definition) is 2. The Kier molecular flexibility index (Phi) is 6.26. The quantitative estimate of drug-likeness (QED) is 0.746. The molecule has 2 atom stereocenters. The van der Waals surface area contributed by atoms with Crippen LogP contribution in [0.3, 0.4) is 0 Å². The van der Waals surface area contributed by atoms with Crippen LogP contribution in [0.1, 0.15) is 29.5 Å². The molecule has 2 aromatic rings. The SMILES string of the molecule is Cc1cccc(COc2ccc(S(=O)(=O)N3CC(O)CCC3C(=O)O)cc2)c1C. The molecule has 29 heavy (non-hydrogen) atoms. The molecule has 1 heterocycles. The van der Waals surface area contributed by atoms with E-state index in [4.69, 9.17) is 4.74 Å². The first-order valence-electron chi connectivity index (χ1n) is 9.41. The molecule has 0 saturated carbocycles. The fourth-order valence-electron chi connectivity index (χ4n) is 3.41. The van der Waals surface area contributed by atoms with Crippen molar-refractivity contribution in [2.75, 3.05) is 6.54 Å². The van der Waals surface area contributed by atoms with Crippen molar-refractivity contribution < 1.29 is 28.2 Å². The summed E-state index contributed by atoms with van der Waals surface area (Å²) in [5.41, 5.74) is 3.37. The van der Waals surface area contributed by atoms with Crippen LogP contribution < -0.4 is 4.74 Å². The Hall–Kier alpha value is -2.42. The van der Waals surface area contributed by atoms with Crippen molar-refractivity contribution in [1.82, 2.24) is 4.31 Å². The van der Waals surface area contributed by atoms with Crippen LogP contribution in [0.15, 0.2) is 47.4 Å². The molecule has 0 aromatic heterocycles. The summed E-state index contributed by atoms with van der Waals surface area (Å²) >= 11 is 0. The van der Waals surface area contributed by atoms with Gasteiger partial charge in [0.1, 0.15) is 18.4 Å². The first kappa shape index (κ1) is 21.3. The van der Waals surface area contributed by atoms with Gasteiger partial charge in [-0.25, -0.2) is 8.42 Å². The maximum absolute atomic E-state index is 12.9. The van der Waals surface area contributed by atoms with Gasteiger partial charge in [0.05, 0.1) is 11.0 Å². The number of benzene rings is 2. The topological polar surface area (TPSA) is 104 Å². The van der Waals surface area contributed by atoms with Gasteiger partial charge in [-0.05, 0) is 67.6 Å². The maximum atomic E-state index is 12.9. The largest absolute Gasteiger partial charge is 0.489 e. The third kappa shape index (κ3) is 4.60. The Labute approximate surface area is 170 Å². The number of nitrogens with zero attached hydrogens (tertiary/aromatic N) is 1. The number of aliphatic hydroxyl groups excluding tert-OH is 1. The fraction of sp³-hybridized carbons (Fsp3) is 0.381. The average molecular weight is 419 g/mol. The van der Waals surface area contributed by atoms with Crippen molar-refractivity contribution >= 4 is 16.0 Å². The van der Waals surface area contributed by atoms with Crippen molar-refractivity contribution in [3.63, 3.8) is 0 Å². The third-order valence-corrected chi connectivity index (χ3v) is 7.23. The van der Waals surface area contributed by atoms with Crippen LogP contribution in [0, 0.1) is 13.8 Å². The number of aryl methyl sites for hydroxylation is 1. The number of ether oxygens (including phenoxy) is 1. The van der Waals surface area contributed by atoms with Crippen molar-refractivity contribution in [2.24, 2.45) is 0 Å². The Morgan fingerprint density at radius 2 is 1.83 bits per heavy atom. The molecule has 3 rings (SSSR count). The summed E-state index contributed by atoms with van der Waals surface area (Å²) in [6.45, 7) is 4.18. The van der Waals surface area contributed by atoms with Gasteiger partial charge in [-0.1, -0.05) is 18.2 Å². The number of aliphatic hydroxyl groups is 1. The molecule has 0 bridgehead atoms. The molecule has 2 unspecified atom stereocenters. The molecule has 1 saturated heterocycles. The van der Waals surface area contributed by atoms with Crippen molar-refractivity contribution in [2.45, 2.75) is 50.3 Å². The van der Waals surface area contributed by atoms with Gasteiger partial charge in [0.25, 0.3) is 0 Å². The van der Waals surface area contributed by atoms with Gasteiger partial charge in [0, 0.05) is 6.54 Å². The van der Waals surface area contributed by atoms with E-state index in [0.717, 1.165) is 15.4 Å². The van der Waals surface area contributed by atoms with E-state index in [1.165, 1.54) is 17.7 Å². The molecule has 1 aliphatic heterocycles. The number of carboxylic acids is 1. The first-order valence-corrected chi connectivity index (χ1v) is 10.8. The molecule has 1 aliphatic rings. The van der Waals surface area contributed by atoms with Crippen molar-refractivity contribution in [3.8, 4) is 5.75 Å². The predicted molar refractivity (Wildman–Crippen MR) is 107 cm³/mol. The summed E-state index contributed by atoms with van der Waals surface area (Å²) in [7, 11) is -4.05. The van der Waals surface area contributed by atoms with Crippen LogP contribution in [0.25, 0.3) is 0 Å². The van der Waals surface area contributed by atoms with Crippen LogP contribution in [-0.4, -0.2) is 47.6 Å². The minimum Gasteiger partial charge on any atom is -0.489 e. The normalized spacial score (nSPS) is 20.4. The minimum atomic E-state index is -4.05. The lowest BCUT2D eigenvalue weighted by atomic mass is 10.0. The molecule has 1 fully saturated rings. The van der Waals surface area contributed by atoms with E-state index >= 15 is 0 Å². The lowest BCUT2D eigenvalue weighted by molar-refractivity contribution is -0.143. The Bertz CT molecular complexity index is 987. The van der Waals surface area contributed by atoms with Crippen LogP contribution >= 0.6 is 0 Å². The number of hydrogen-bond acceptors (Lipinski definition) is 5. The van der Waals surface area contributed by atoms with Gasteiger partial charge in [0.15, 0.2) is 0 Å². The van der Waals surface area contributed by atoms with E-state index in [-0.39, 0.29) is 24.3 Å². The summed E-state index contributed by atoms with van der Waals surface area (Å²) in [4.78, 5) is 11.4. The van der Waals surface area contributed by atoms with E-state index in [2.05, 4.69) is 0 Å². The molecule has 8 heteroatoms. The van der Waals surface area contributed by atoms with Gasteiger partial charge >= 0.3 is 5.97 Å². The summed E-state index contributed by atoms with van der Waals surface area (Å²) in [5.74, 6) is -0.702. The highest BCUT2D eigenvalue weighted by Crippen LogP contribution is 2.27. The molecule has 0 amide bonds. The summed E-state index contributed by atoms with van der Waals surface area (Å²) < 4.78 is 32.5. The van der Waals surface area contributed by atoms with E-state index in [0.29, 0.717) is 12.4 Å². The van der Waals surface area contributed by atoms with Gasteiger partial charge in [-0.2, -0.15) is 4.31 Å². The Balaban J connectivity index is 1.76. The molecule has 156 valence electrons. The minimum absolute atomic E-state index is 0.0306. The number of rotatable bonds is 6. The number of carbonyl (C=O) groups is 1. The molecule has 2 aromatic carbocycles. The van der Waals surface area contributed by atoms with Crippen molar-refractivity contribution in [3.05, 3.63) is 59.2 Å². The van der Waals surface area contributed by atoms with Gasteiger partial charge < -0.3 is 14.9 Å². The second kappa shape index (κ2) is 8.52. The fourth-order valence-corrected chi connectivity index (χ4v) is 5.06. The highest BCUT2D eigenvalue weighted by Gasteiger charge is 2.40. The molecule has 0 aliphatic carbocycles. The zero-order valence-corrected chi connectivity index (χ0v) is 17.2. The summed E-state index contributed by atoms with van der Waals surface area (Å²) in [5, 5.41) is 19.2. The van der Waals surface area contributed by atoms with Crippen molar-refractivity contribution in [1.29, 1.82) is 0 Å². The predicted octanol–water partition coefficient (Wildman–Crippen LogP) is 2.48. The lowest BCUT2D eigenvalue weighted by Crippen LogP contribution is -2.51. The van der Waals surface area contributed by atoms with Crippen LogP contribution in [0.4, 0.5) is 0 Å². The number of sulfonamides is 1. The Morgan fingerprint density at radius 1 is 1.14 bits per heavy atom. The average Bonchev–Trinajstić information content (AvgIpc) is 2.69. The molecule has 0 spiro atoms. The van der Waals surface area contributed by atoms with E-state index in [9.17, 15) is 23.4 Å². The highest BCUT2D eigenvalue weighted by molar-refractivity contribution is 7.89. The number of aliphatic carboxylic acids is 1. The molecular weight excluding hydrogens is 394 g/mol. The highest BCUT2D eigenvalue weighted by atomic mass is 32.2. The van der Waals surface area contributed by atoms with Crippen LogP contribution in [-0.2, 0) is 21.4 Å². The van der Waals surface area contributed by atoms with Crippen LogP contribution in [0.2, 0.25) is 0 Å². The lowest BCUT2D eigenvalue weighted by Gasteiger charge is -2.34. The maximum Gasteiger partial charge on any atom is 0.322 e. The van der Waals surface area contributed by atoms with Gasteiger partial charge in [-0.3, -0.25) is 4.79 Å². The van der Waals surface area contributed by atoms with E-state index in [1.807, 2.05) is 32.0 Å². The summed E-state index contributed by atoms with van der Waals surface area (Å²) in [6, 6.07) is 10.7. The monoisotopic (exact) mass is 419 g/mol. The number of piperidine rings is 1. The molecule has 0 radical (unpaired) electrons. The molecular formula is C21H25NO6S. The standard InChI is InChI=1S/C21H25NO6S/c1-14-4-3-5-16(15(14)2)13-28-18-7-9-19(10-8-18)29(26,27)22-12-17(23)6-11-20(22)21(24)25/h3-5,7-10,17,20,23H,6,11-13H2,1-2H3,(H,24,25). The Morgan fingerprint density at radius 3 is 2.48 bits per heavy atom. The second-order valence-corrected chi connectivity index (χ2v) is 9.17. The number of carboxylic acid groups (broad SMARTS) is 1. The molecule has 7 nitrogen and oxygen atoms in total. The number of β-amino-alcohol motifs (C(OH)–C–C–N with tert-alkyl or cyclic N) is 1. The summed E-state index contributed by atoms with van der Waals surface area (Å²) in [6.07, 6.45) is -0.540. The van der Waals surface area contributed by atoms with E-state index in [1.54, 1.807) is 12.1 Å². The van der Waals surface area contributed by atoms with Crippen LogP contribution in [0.5, 0.6) is 5.75 Å². The van der Waals surface area contributed by atoms with E-state index < -0.39 is 28.1 Å². The first-order chi connectivity index (χ1) is 13.7. The van der Waals surface area contributed by atoms with Gasteiger partial charge in [-0.15, -0.1) is 0 Å². The molecule has 2 N–H and O–H groups in total. The second-order valence-electron chi connectivity index (χ2n) is 7.28. The smallest absolute Gasteiger partial charge is 0.322 e.